The Hall–Kier alpha value is -1.61. The van der Waals surface area contributed by atoms with Crippen molar-refractivity contribution in [2.75, 3.05) is 26.8 Å². The van der Waals surface area contributed by atoms with Crippen LogP contribution in [0.25, 0.3) is 0 Å². The molecule has 1 aliphatic carbocycles. The van der Waals surface area contributed by atoms with E-state index in [0.717, 1.165) is 44.2 Å². The fraction of sp³-hybridized carbons (Fsp3) is 0.565. The van der Waals surface area contributed by atoms with Crippen LogP contribution in [0.2, 0.25) is 0 Å². The second-order valence-electron chi connectivity index (χ2n) is 8.03. The van der Waals surface area contributed by atoms with Crippen LogP contribution in [0.3, 0.4) is 0 Å². The van der Waals surface area contributed by atoms with E-state index in [1.54, 1.807) is 7.11 Å². The summed E-state index contributed by atoms with van der Waals surface area (Å²) in [5, 5.41) is 11.4. The smallest absolute Gasteiger partial charge is 0.191 e. The maximum absolute atomic E-state index is 5.35. The Morgan fingerprint density at radius 3 is 2.63 bits per heavy atom. The number of halogens is 1. The highest BCUT2D eigenvalue weighted by Gasteiger charge is 2.33. The van der Waals surface area contributed by atoms with Crippen LogP contribution in [0.15, 0.2) is 47.7 Å². The van der Waals surface area contributed by atoms with Crippen molar-refractivity contribution < 1.29 is 4.74 Å². The molecule has 3 rings (SSSR count). The number of hydrogen-bond donors (Lipinski definition) is 2. The fourth-order valence-corrected chi connectivity index (χ4v) is 4.09. The molecular weight excluding hydrogens is 489 g/mol. The highest BCUT2D eigenvalue weighted by atomic mass is 127. The van der Waals surface area contributed by atoms with E-state index in [-0.39, 0.29) is 24.0 Å². The third-order valence-electron chi connectivity index (χ3n) is 5.77. The molecule has 0 spiro atoms. The lowest BCUT2D eigenvalue weighted by Crippen LogP contribution is -2.43. The molecule has 0 amide bonds. The van der Waals surface area contributed by atoms with Crippen molar-refractivity contribution in [3.05, 3.63) is 53.9 Å². The number of methoxy groups -OCH3 is 1. The molecule has 30 heavy (non-hydrogen) atoms. The zero-order chi connectivity index (χ0) is 20.4. The van der Waals surface area contributed by atoms with E-state index in [1.807, 2.05) is 16.9 Å². The van der Waals surface area contributed by atoms with E-state index in [1.165, 1.54) is 31.2 Å². The average Bonchev–Trinajstić information content (AvgIpc) is 3.39. The van der Waals surface area contributed by atoms with Crippen LogP contribution in [0.5, 0.6) is 0 Å². The molecule has 0 atom stereocenters. The Morgan fingerprint density at radius 1 is 1.17 bits per heavy atom. The monoisotopic (exact) mass is 525 g/mol. The van der Waals surface area contributed by atoms with Crippen LogP contribution in [-0.2, 0) is 17.8 Å². The van der Waals surface area contributed by atoms with Gasteiger partial charge in [0.25, 0.3) is 0 Å². The topological polar surface area (TPSA) is 63.5 Å². The Kier molecular flexibility index (Phi) is 10.6. The minimum Gasteiger partial charge on any atom is -0.385 e. The van der Waals surface area contributed by atoms with E-state index in [2.05, 4.69) is 53.1 Å². The van der Waals surface area contributed by atoms with Gasteiger partial charge in [-0.05, 0) is 37.2 Å². The second kappa shape index (κ2) is 12.9. The summed E-state index contributed by atoms with van der Waals surface area (Å²) in [7, 11) is 1.79. The molecule has 2 aromatic rings. The number of aromatic nitrogens is 2. The van der Waals surface area contributed by atoms with Gasteiger partial charge in [0.2, 0.25) is 0 Å². The van der Waals surface area contributed by atoms with Gasteiger partial charge in [-0.2, -0.15) is 5.10 Å². The summed E-state index contributed by atoms with van der Waals surface area (Å²) in [5.41, 5.74) is 2.71. The highest BCUT2D eigenvalue weighted by Crippen LogP contribution is 2.40. The maximum atomic E-state index is 5.35. The van der Waals surface area contributed by atoms with Crippen molar-refractivity contribution in [1.29, 1.82) is 0 Å². The number of benzene rings is 1. The summed E-state index contributed by atoms with van der Waals surface area (Å²) in [5.74, 6) is 0.881. The first kappa shape index (κ1) is 24.7. The molecule has 1 fully saturated rings. The SMILES string of the molecule is CCNC(=NCc1cnn(Cc2ccccc2)c1)NCC1(CCOC)CCCC1.I. The van der Waals surface area contributed by atoms with Gasteiger partial charge in [-0.25, -0.2) is 4.99 Å². The first-order valence-corrected chi connectivity index (χ1v) is 10.8. The quantitative estimate of drug-likeness (QED) is 0.277. The molecule has 0 saturated heterocycles. The van der Waals surface area contributed by atoms with Crippen molar-refractivity contribution in [1.82, 2.24) is 20.4 Å². The standard InChI is InChI=1S/C23H35N5O.HI/c1-3-24-22(26-19-23(13-14-29-2)11-7-8-12-23)25-15-21-16-27-28(18-21)17-20-9-5-4-6-10-20;/h4-6,9-10,16,18H,3,7-8,11-15,17,19H2,1-2H3,(H2,24,25,26);1H. The number of ether oxygens (including phenoxy) is 1. The Balaban J connectivity index is 0.00000320. The molecular formula is C23H36IN5O. The first-order chi connectivity index (χ1) is 14.2. The largest absolute Gasteiger partial charge is 0.385 e. The normalized spacial score (nSPS) is 15.6. The lowest BCUT2D eigenvalue weighted by atomic mass is 9.83. The Bertz CT molecular complexity index is 756. The molecule has 0 radical (unpaired) electrons. The third-order valence-corrected chi connectivity index (χ3v) is 5.77. The minimum absolute atomic E-state index is 0. The van der Waals surface area contributed by atoms with E-state index < -0.39 is 0 Å². The van der Waals surface area contributed by atoms with E-state index in [9.17, 15) is 0 Å². The molecule has 0 unspecified atom stereocenters. The molecule has 2 N–H and O–H groups in total. The molecule has 0 aliphatic heterocycles. The predicted octanol–water partition coefficient (Wildman–Crippen LogP) is 4.20. The summed E-state index contributed by atoms with van der Waals surface area (Å²) in [6, 6.07) is 10.4. The fourth-order valence-electron chi connectivity index (χ4n) is 4.09. The van der Waals surface area contributed by atoms with Gasteiger partial charge in [-0.3, -0.25) is 4.68 Å². The molecule has 1 aromatic heterocycles. The summed E-state index contributed by atoms with van der Waals surface area (Å²) in [6.45, 7) is 6.14. The third kappa shape index (κ3) is 7.58. The van der Waals surface area contributed by atoms with Crippen LogP contribution in [-0.4, -0.2) is 42.5 Å². The molecule has 1 aliphatic rings. The van der Waals surface area contributed by atoms with Crippen molar-refractivity contribution in [2.45, 2.75) is 52.1 Å². The average molecular weight is 525 g/mol. The summed E-state index contributed by atoms with van der Waals surface area (Å²) in [4.78, 5) is 4.79. The molecule has 7 heteroatoms. The zero-order valence-corrected chi connectivity index (χ0v) is 20.6. The molecule has 6 nitrogen and oxygen atoms in total. The van der Waals surface area contributed by atoms with Crippen LogP contribution in [0.4, 0.5) is 0 Å². The van der Waals surface area contributed by atoms with Crippen LogP contribution in [0.1, 0.15) is 50.2 Å². The second-order valence-corrected chi connectivity index (χ2v) is 8.03. The lowest BCUT2D eigenvalue weighted by molar-refractivity contribution is 0.138. The van der Waals surface area contributed by atoms with E-state index in [0.29, 0.717) is 12.0 Å². The van der Waals surface area contributed by atoms with Crippen molar-refractivity contribution in [3.8, 4) is 0 Å². The minimum atomic E-state index is 0. The van der Waals surface area contributed by atoms with Crippen molar-refractivity contribution in [3.63, 3.8) is 0 Å². The summed E-state index contributed by atoms with van der Waals surface area (Å²) >= 11 is 0. The number of hydrogen-bond acceptors (Lipinski definition) is 3. The molecule has 1 saturated carbocycles. The maximum Gasteiger partial charge on any atom is 0.191 e. The molecule has 1 heterocycles. The van der Waals surface area contributed by atoms with Gasteiger partial charge in [-0.1, -0.05) is 43.2 Å². The van der Waals surface area contributed by atoms with Gasteiger partial charge in [0.15, 0.2) is 5.96 Å². The molecule has 166 valence electrons. The van der Waals surface area contributed by atoms with Gasteiger partial charge in [0.1, 0.15) is 0 Å². The number of aliphatic imine (C=N–C) groups is 1. The summed E-state index contributed by atoms with van der Waals surface area (Å²) < 4.78 is 7.32. The number of nitrogens with zero attached hydrogens (tertiary/aromatic N) is 3. The highest BCUT2D eigenvalue weighted by molar-refractivity contribution is 14.0. The van der Waals surface area contributed by atoms with Gasteiger partial charge in [-0.15, -0.1) is 24.0 Å². The van der Waals surface area contributed by atoms with E-state index in [4.69, 9.17) is 9.73 Å². The predicted molar refractivity (Wildman–Crippen MR) is 133 cm³/mol. The van der Waals surface area contributed by atoms with Crippen molar-refractivity contribution in [2.24, 2.45) is 10.4 Å². The van der Waals surface area contributed by atoms with Gasteiger partial charge < -0.3 is 15.4 Å². The zero-order valence-electron chi connectivity index (χ0n) is 18.3. The lowest BCUT2D eigenvalue weighted by Gasteiger charge is -2.30. The number of nitrogens with one attached hydrogen (secondary N) is 2. The Labute approximate surface area is 197 Å². The van der Waals surface area contributed by atoms with E-state index >= 15 is 0 Å². The van der Waals surface area contributed by atoms with Crippen LogP contribution in [0, 0.1) is 5.41 Å². The first-order valence-electron chi connectivity index (χ1n) is 10.8. The van der Waals surface area contributed by atoms with Gasteiger partial charge in [0.05, 0.1) is 19.3 Å². The Morgan fingerprint density at radius 2 is 1.93 bits per heavy atom. The summed E-state index contributed by atoms with van der Waals surface area (Å²) in [6.07, 6.45) is 10.3. The number of guanidine groups is 1. The van der Waals surface area contributed by atoms with Crippen molar-refractivity contribution >= 4 is 29.9 Å². The van der Waals surface area contributed by atoms with Gasteiger partial charge in [0, 0.05) is 38.6 Å². The molecule has 0 bridgehead atoms. The molecule has 1 aromatic carbocycles. The van der Waals surface area contributed by atoms with Crippen LogP contribution >= 0.6 is 24.0 Å². The van der Waals surface area contributed by atoms with Gasteiger partial charge >= 0.3 is 0 Å². The van der Waals surface area contributed by atoms with Crippen LogP contribution < -0.4 is 10.6 Å². The number of rotatable bonds is 10.